The Bertz CT molecular complexity index is 470. The summed E-state index contributed by atoms with van der Waals surface area (Å²) in [5.41, 5.74) is -1.09. The fourth-order valence-corrected chi connectivity index (χ4v) is 1.60. The van der Waals surface area contributed by atoms with Gasteiger partial charge in [-0.15, -0.1) is 0 Å². The predicted octanol–water partition coefficient (Wildman–Crippen LogP) is 3.51. The Kier molecular flexibility index (Phi) is 5.05. The van der Waals surface area contributed by atoms with E-state index in [9.17, 15) is 13.6 Å². The fourth-order valence-electron chi connectivity index (χ4n) is 1.60. The maximum Gasteiger partial charge on any atom is 0.412 e. The molecular formula is C14H19F2NO3. The molecule has 2 N–H and O–H groups in total. The van der Waals surface area contributed by atoms with Gasteiger partial charge in [-0.05, 0) is 26.8 Å². The van der Waals surface area contributed by atoms with Crippen LogP contribution in [0.4, 0.5) is 19.3 Å². The summed E-state index contributed by atoms with van der Waals surface area (Å²) in [6, 6.07) is 5.55. The molecule has 1 aromatic carbocycles. The van der Waals surface area contributed by atoms with Gasteiger partial charge in [0.25, 0.3) is 5.92 Å². The molecule has 4 nitrogen and oxygen atoms in total. The average molecular weight is 287 g/mol. The average Bonchev–Trinajstić information content (AvgIpc) is 2.26. The highest BCUT2D eigenvalue weighted by atomic mass is 19.3. The van der Waals surface area contributed by atoms with Crippen LogP contribution in [0.15, 0.2) is 24.3 Å². The first kappa shape index (κ1) is 16.4. The fraction of sp³-hybridized carbons (Fsp3) is 0.500. The van der Waals surface area contributed by atoms with Crippen molar-refractivity contribution in [2.75, 3.05) is 11.9 Å². The van der Waals surface area contributed by atoms with Crippen molar-refractivity contribution in [1.29, 1.82) is 0 Å². The van der Waals surface area contributed by atoms with Crippen LogP contribution in [0, 0.1) is 0 Å². The lowest BCUT2D eigenvalue weighted by Crippen LogP contribution is -2.28. The van der Waals surface area contributed by atoms with Gasteiger partial charge in [0.05, 0.1) is 5.69 Å². The van der Waals surface area contributed by atoms with Crippen molar-refractivity contribution in [1.82, 2.24) is 0 Å². The van der Waals surface area contributed by atoms with E-state index in [1.165, 1.54) is 24.3 Å². The molecule has 0 aliphatic rings. The largest absolute Gasteiger partial charge is 0.444 e. The Hall–Kier alpha value is -1.69. The van der Waals surface area contributed by atoms with Crippen LogP contribution in [0.3, 0.4) is 0 Å². The molecule has 0 aliphatic carbocycles. The number of carbonyl (C=O) groups is 1. The van der Waals surface area contributed by atoms with E-state index in [1.807, 2.05) is 0 Å². The zero-order valence-corrected chi connectivity index (χ0v) is 11.7. The molecule has 1 rings (SSSR count). The molecule has 0 heterocycles. The van der Waals surface area contributed by atoms with Gasteiger partial charge in [0.15, 0.2) is 0 Å². The number of ether oxygens (including phenoxy) is 1. The summed E-state index contributed by atoms with van der Waals surface area (Å²) in [6.07, 6.45) is -1.51. The standard InChI is InChI=1S/C14H19F2NO3/c1-13(2,3)20-12(19)17-11-7-5-4-6-10(11)14(15,16)8-9-18/h4-7,18H,8-9H2,1-3H3,(H,17,19). The number of amides is 1. The summed E-state index contributed by atoms with van der Waals surface area (Å²) >= 11 is 0. The van der Waals surface area contributed by atoms with Crippen molar-refractivity contribution < 1.29 is 23.4 Å². The van der Waals surface area contributed by atoms with Gasteiger partial charge < -0.3 is 9.84 Å². The molecule has 0 aliphatic heterocycles. The number of rotatable bonds is 4. The minimum atomic E-state index is -3.22. The summed E-state index contributed by atoms with van der Waals surface area (Å²) in [6.45, 7) is 4.39. The molecule has 112 valence electrons. The number of para-hydroxylation sites is 1. The minimum absolute atomic E-state index is 0.0276. The van der Waals surface area contributed by atoms with Crippen LogP contribution in [0.5, 0.6) is 0 Å². The van der Waals surface area contributed by atoms with Crippen molar-refractivity contribution in [3.8, 4) is 0 Å². The van der Waals surface area contributed by atoms with Gasteiger partial charge in [-0.1, -0.05) is 18.2 Å². The molecule has 20 heavy (non-hydrogen) atoms. The van der Waals surface area contributed by atoms with Gasteiger partial charge in [0.2, 0.25) is 0 Å². The molecular weight excluding hydrogens is 268 g/mol. The van der Waals surface area contributed by atoms with Crippen LogP contribution in [0.25, 0.3) is 0 Å². The third-order valence-electron chi connectivity index (χ3n) is 2.38. The first-order chi connectivity index (χ1) is 9.15. The van der Waals surface area contributed by atoms with Gasteiger partial charge in [0, 0.05) is 18.6 Å². The number of benzene rings is 1. The van der Waals surface area contributed by atoms with E-state index in [2.05, 4.69) is 5.32 Å². The normalized spacial score (nSPS) is 12.1. The zero-order chi connectivity index (χ0) is 15.4. The molecule has 0 spiro atoms. The van der Waals surface area contributed by atoms with Crippen LogP contribution >= 0.6 is 0 Å². The summed E-state index contributed by atoms with van der Waals surface area (Å²) in [4.78, 5) is 11.6. The third kappa shape index (κ3) is 4.77. The Morgan fingerprint density at radius 2 is 1.90 bits per heavy atom. The number of halogens is 2. The van der Waals surface area contributed by atoms with Crippen LogP contribution in [-0.4, -0.2) is 23.4 Å². The van der Waals surface area contributed by atoms with E-state index >= 15 is 0 Å². The third-order valence-corrected chi connectivity index (χ3v) is 2.38. The van der Waals surface area contributed by atoms with E-state index in [0.717, 1.165) is 0 Å². The molecule has 0 fully saturated rings. The number of nitrogens with one attached hydrogen (secondary N) is 1. The molecule has 0 saturated heterocycles. The van der Waals surface area contributed by atoms with Crippen LogP contribution in [-0.2, 0) is 10.7 Å². The predicted molar refractivity (Wildman–Crippen MR) is 71.9 cm³/mol. The second-order valence-electron chi connectivity index (χ2n) is 5.35. The number of carbonyl (C=O) groups excluding carboxylic acids is 1. The maximum absolute atomic E-state index is 13.9. The lowest BCUT2D eigenvalue weighted by Gasteiger charge is -2.22. The van der Waals surface area contributed by atoms with Crippen molar-refractivity contribution >= 4 is 11.8 Å². The van der Waals surface area contributed by atoms with Gasteiger partial charge in [0.1, 0.15) is 5.60 Å². The topological polar surface area (TPSA) is 58.6 Å². The summed E-state index contributed by atoms with van der Waals surface area (Å²) in [7, 11) is 0. The SMILES string of the molecule is CC(C)(C)OC(=O)Nc1ccccc1C(F)(F)CCO. The maximum atomic E-state index is 13.9. The molecule has 6 heteroatoms. The molecule has 0 unspecified atom stereocenters. The van der Waals surface area contributed by atoms with Crippen molar-refractivity contribution in [2.45, 2.75) is 38.7 Å². The molecule has 0 radical (unpaired) electrons. The van der Waals surface area contributed by atoms with E-state index in [-0.39, 0.29) is 11.3 Å². The summed E-state index contributed by atoms with van der Waals surface area (Å²) < 4.78 is 32.7. The number of aliphatic hydroxyl groups excluding tert-OH is 1. The van der Waals surface area contributed by atoms with E-state index in [4.69, 9.17) is 9.84 Å². The Labute approximate surface area is 116 Å². The van der Waals surface area contributed by atoms with Gasteiger partial charge in [-0.2, -0.15) is 0 Å². The smallest absolute Gasteiger partial charge is 0.412 e. The van der Waals surface area contributed by atoms with Crippen LogP contribution in [0.2, 0.25) is 0 Å². The van der Waals surface area contributed by atoms with Gasteiger partial charge >= 0.3 is 6.09 Å². The molecule has 0 bridgehead atoms. The number of alkyl halides is 2. The summed E-state index contributed by atoms with van der Waals surface area (Å²) in [5.74, 6) is -3.22. The monoisotopic (exact) mass is 287 g/mol. The number of hydrogen-bond donors (Lipinski definition) is 2. The molecule has 0 atom stereocenters. The van der Waals surface area contributed by atoms with Gasteiger partial charge in [-0.3, -0.25) is 5.32 Å². The van der Waals surface area contributed by atoms with Crippen LogP contribution < -0.4 is 5.32 Å². The Morgan fingerprint density at radius 3 is 2.45 bits per heavy atom. The Morgan fingerprint density at radius 1 is 1.30 bits per heavy atom. The van der Waals surface area contributed by atoms with Crippen molar-refractivity contribution in [3.63, 3.8) is 0 Å². The highest BCUT2D eigenvalue weighted by molar-refractivity contribution is 5.86. The zero-order valence-electron chi connectivity index (χ0n) is 11.7. The minimum Gasteiger partial charge on any atom is -0.444 e. The first-order valence-electron chi connectivity index (χ1n) is 6.24. The second kappa shape index (κ2) is 6.17. The molecule has 0 aromatic heterocycles. The van der Waals surface area contributed by atoms with Gasteiger partial charge in [-0.25, -0.2) is 13.6 Å². The number of aliphatic hydroxyl groups is 1. The Balaban J connectivity index is 2.94. The van der Waals surface area contributed by atoms with Crippen molar-refractivity contribution in [2.24, 2.45) is 0 Å². The molecule has 0 saturated carbocycles. The molecule has 1 aromatic rings. The second-order valence-corrected chi connectivity index (χ2v) is 5.35. The van der Waals surface area contributed by atoms with E-state index < -0.39 is 30.6 Å². The first-order valence-corrected chi connectivity index (χ1v) is 6.24. The quantitative estimate of drug-likeness (QED) is 0.891. The highest BCUT2D eigenvalue weighted by Crippen LogP contribution is 2.36. The number of hydrogen-bond acceptors (Lipinski definition) is 3. The van der Waals surface area contributed by atoms with E-state index in [1.54, 1.807) is 20.8 Å². The number of anilines is 1. The van der Waals surface area contributed by atoms with Crippen LogP contribution in [0.1, 0.15) is 32.8 Å². The van der Waals surface area contributed by atoms with E-state index in [0.29, 0.717) is 0 Å². The highest BCUT2D eigenvalue weighted by Gasteiger charge is 2.33. The lowest BCUT2D eigenvalue weighted by atomic mass is 10.0. The molecule has 1 amide bonds. The van der Waals surface area contributed by atoms with Crippen molar-refractivity contribution in [3.05, 3.63) is 29.8 Å². The summed E-state index contributed by atoms with van der Waals surface area (Å²) in [5, 5.41) is 11.0. The lowest BCUT2D eigenvalue weighted by molar-refractivity contribution is -0.0262.